The van der Waals surface area contributed by atoms with Gasteiger partial charge in [0.05, 0.1) is 3.79 Å². The van der Waals surface area contributed by atoms with E-state index in [9.17, 15) is 0 Å². The van der Waals surface area contributed by atoms with Gasteiger partial charge in [0.2, 0.25) is 0 Å². The van der Waals surface area contributed by atoms with Gasteiger partial charge in [-0.3, -0.25) is 0 Å². The molecule has 0 spiro atoms. The van der Waals surface area contributed by atoms with Crippen LogP contribution in [0.3, 0.4) is 0 Å². The summed E-state index contributed by atoms with van der Waals surface area (Å²) in [5, 5.41) is 3.47. The molecule has 0 fully saturated rings. The topological polar surface area (TPSA) is 12.0 Å². The monoisotopic (exact) mass is 485 g/mol. The molecule has 0 amide bonds. The van der Waals surface area contributed by atoms with Crippen molar-refractivity contribution >= 4 is 71.5 Å². The third-order valence-electron chi connectivity index (χ3n) is 2.42. The van der Waals surface area contributed by atoms with E-state index in [2.05, 4.69) is 91.0 Å². The molecular formula is C12H10Br2INS. The highest BCUT2D eigenvalue weighted by molar-refractivity contribution is 14.1. The molecular weight excluding hydrogens is 477 g/mol. The molecule has 1 N–H and O–H groups in total. The molecule has 0 bridgehead atoms. The highest BCUT2D eigenvalue weighted by Gasteiger charge is 2.05. The molecule has 0 unspecified atom stereocenters. The number of thiophene rings is 1. The van der Waals surface area contributed by atoms with Crippen LogP contribution in [0.5, 0.6) is 0 Å². The van der Waals surface area contributed by atoms with Gasteiger partial charge in [0.25, 0.3) is 0 Å². The minimum absolute atomic E-state index is 0.857. The number of nitrogens with one attached hydrogen (secondary N) is 1. The minimum Gasteiger partial charge on any atom is -0.380 e. The highest BCUT2D eigenvalue weighted by Crippen LogP contribution is 2.33. The lowest BCUT2D eigenvalue weighted by Crippen LogP contribution is -2.00. The van der Waals surface area contributed by atoms with Gasteiger partial charge in [-0.1, -0.05) is 6.07 Å². The number of halogens is 3. The maximum Gasteiger partial charge on any atom is 0.0843 e. The molecule has 0 saturated heterocycles. The first-order valence-corrected chi connectivity index (χ1v) is 8.48. The Morgan fingerprint density at radius 3 is 2.76 bits per heavy atom. The van der Waals surface area contributed by atoms with Gasteiger partial charge in [-0.25, -0.2) is 0 Å². The third kappa shape index (κ3) is 3.45. The molecule has 1 aromatic heterocycles. The van der Waals surface area contributed by atoms with E-state index in [0.29, 0.717) is 0 Å². The van der Waals surface area contributed by atoms with Crippen LogP contribution in [0.1, 0.15) is 10.4 Å². The van der Waals surface area contributed by atoms with Crippen LogP contribution in [0.25, 0.3) is 0 Å². The molecule has 0 aliphatic rings. The van der Waals surface area contributed by atoms with Gasteiger partial charge in [-0.05, 0) is 85.1 Å². The second kappa shape index (κ2) is 6.04. The van der Waals surface area contributed by atoms with Crippen LogP contribution in [-0.4, -0.2) is 0 Å². The van der Waals surface area contributed by atoms with Crippen molar-refractivity contribution < 1.29 is 0 Å². The van der Waals surface area contributed by atoms with Crippen molar-refractivity contribution in [3.05, 3.63) is 46.5 Å². The summed E-state index contributed by atoms with van der Waals surface area (Å²) in [6.45, 7) is 3.00. The summed E-state index contributed by atoms with van der Waals surface area (Å²) in [4.78, 5) is 1.31. The van der Waals surface area contributed by atoms with Gasteiger partial charge < -0.3 is 5.32 Å². The first-order chi connectivity index (χ1) is 8.08. The molecule has 2 rings (SSSR count). The first kappa shape index (κ1) is 13.8. The SMILES string of the molecule is Cc1c(I)cccc1NCc1cc(Br)c(Br)s1. The van der Waals surface area contributed by atoms with E-state index < -0.39 is 0 Å². The third-order valence-corrected chi connectivity index (χ3v) is 6.84. The van der Waals surface area contributed by atoms with E-state index in [0.717, 1.165) is 14.8 Å². The average molecular weight is 487 g/mol. The predicted octanol–water partition coefficient (Wildman–Crippen LogP) is 5.80. The van der Waals surface area contributed by atoms with Crippen LogP contribution >= 0.6 is 65.8 Å². The standard InChI is InChI=1S/C12H10Br2INS/c1-7-10(15)3-2-4-11(7)16-6-8-5-9(13)12(14)17-8/h2-5,16H,6H2,1H3. The van der Waals surface area contributed by atoms with E-state index in [-0.39, 0.29) is 0 Å². The Bertz CT molecular complexity index is 520. The Balaban J connectivity index is 2.10. The predicted molar refractivity (Wildman–Crippen MR) is 90.9 cm³/mol. The molecule has 90 valence electrons. The maximum atomic E-state index is 3.51. The summed E-state index contributed by atoms with van der Waals surface area (Å²) in [5.74, 6) is 0. The van der Waals surface area contributed by atoms with E-state index in [1.165, 1.54) is 19.7 Å². The zero-order chi connectivity index (χ0) is 12.4. The quantitative estimate of drug-likeness (QED) is 0.541. The number of benzene rings is 1. The molecule has 1 aromatic carbocycles. The summed E-state index contributed by atoms with van der Waals surface area (Å²) in [7, 11) is 0. The lowest BCUT2D eigenvalue weighted by molar-refractivity contribution is 1.17. The van der Waals surface area contributed by atoms with Crippen LogP contribution in [0, 0.1) is 10.5 Å². The molecule has 0 atom stereocenters. The molecule has 0 aliphatic carbocycles. The van der Waals surface area contributed by atoms with Crippen molar-refractivity contribution in [2.24, 2.45) is 0 Å². The van der Waals surface area contributed by atoms with Crippen molar-refractivity contribution in [1.82, 2.24) is 0 Å². The molecule has 0 radical (unpaired) electrons. The highest BCUT2D eigenvalue weighted by atomic mass is 127. The van der Waals surface area contributed by atoms with Gasteiger partial charge in [-0.2, -0.15) is 0 Å². The summed E-state index contributed by atoms with van der Waals surface area (Å²) in [5.41, 5.74) is 2.51. The molecule has 5 heteroatoms. The maximum absolute atomic E-state index is 3.51. The van der Waals surface area contributed by atoms with Crippen LogP contribution in [0.4, 0.5) is 5.69 Å². The fourth-order valence-corrected chi connectivity index (χ4v) is 4.07. The molecule has 2 aromatic rings. The zero-order valence-corrected chi connectivity index (χ0v) is 15.2. The summed E-state index contributed by atoms with van der Waals surface area (Å²) >= 11 is 11.1. The molecule has 0 saturated carbocycles. The fraction of sp³-hybridized carbons (Fsp3) is 0.167. The largest absolute Gasteiger partial charge is 0.380 e. The van der Waals surface area contributed by atoms with Crippen LogP contribution in [0.2, 0.25) is 0 Å². The summed E-state index contributed by atoms with van der Waals surface area (Å²) in [6, 6.07) is 8.47. The molecule has 1 heterocycles. The van der Waals surface area contributed by atoms with Crippen LogP contribution < -0.4 is 5.32 Å². The summed E-state index contributed by atoms with van der Waals surface area (Å²) < 4.78 is 3.56. The second-order valence-electron chi connectivity index (χ2n) is 3.60. The Morgan fingerprint density at radius 1 is 1.35 bits per heavy atom. The molecule has 0 aliphatic heterocycles. The van der Waals surface area contributed by atoms with Gasteiger partial charge in [0.1, 0.15) is 0 Å². The van der Waals surface area contributed by atoms with Gasteiger partial charge >= 0.3 is 0 Å². The van der Waals surface area contributed by atoms with Crippen LogP contribution in [-0.2, 0) is 6.54 Å². The first-order valence-electron chi connectivity index (χ1n) is 5.00. The number of rotatable bonds is 3. The van der Waals surface area contributed by atoms with E-state index >= 15 is 0 Å². The Hall–Kier alpha value is 0.410. The van der Waals surface area contributed by atoms with E-state index in [1.54, 1.807) is 11.3 Å². The minimum atomic E-state index is 0.857. The Kier molecular flexibility index (Phi) is 4.91. The second-order valence-corrected chi connectivity index (χ2v) is 8.07. The van der Waals surface area contributed by atoms with Gasteiger partial charge in [-0.15, -0.1) is 11.3 Å². The van der Waals surface area contributed by atoms with Gasteiger partial charge in [0.15, 0.2) is 0 Å². The number of hydrogen-bond acceptors (Lipinski definition) is 2. The van der Waals surface area contributed by atoms with Crippen molar-refractivity contribution in [3.8, 4) is 0 Å². The Morgan fingerprint density at radius 2 is 2.12 bits per heavy atom. The van der Waals surface area contributed by atoms with Gasteiger partial charge in [0, 0.05) is 25.2 Å². The van der Waals surface area contributed by atoms with Crippen molar-refractivity contribution in [1.29, 1.82) is 0 Å². The van der Waals surface area contributed by atoms with Crippen molar-refractivity contribution in [3.63, 3.8) is 0 Å². The van der Waals surface area contributed by atoms with Crippen molar-refractivity contribution in [2.45, 2.75) is 13.5 Å². The number of anilines is 1. The lowest BCUT2D eigenvalue weighted by Gasteiger charge is -2.09. The molecule has 1 nitrogen and oxygen atoms in total. The fourth-order valence-electron chi connectivity index (χ4n) is 1.46. The molecule has 17 heavy (non-hydrogen) atoms. The normalized spacial score (nSPS) is 10.6. The number of hydrogen-bond donors (Lipinski definition) is 1. The Labute approximate surface area is 135 Å². The van der Waals surface area contributed by atoms with Crippen molar-refractivity contribution in [2.75, 3.05) is 5.32 Å². The van der Waals surface area contributed by atoms with E-state index in [4.69, 9.17) is 0 Å². The summed E-state index contributed by atoms with van der Waals surface area (Å²) in [6.07, 6.45) is 0. The van der Waals surface area contributed by atoms with Crippen LogP contribution in [0.15, 0.2) is 32.5 Å². The smallest absolute Gasteiger partial charge is 0.0843 e. The van der Waals surface area contributed by atoms with E-state index in [1.807, 2.05) is 0 Å². The lowest BCUT2D eigenvalue weighted by atomic mass is 10.2. The zero-order valence-electron chi connectivity index (χ0n) is 9.06. The average Bonchev–Trinajstić information content (AvgIpc) is 2.61.